The molecule has 0 radical (unpaired) electrons. The summed E-state index contributed by atoms with van der Waals surface area (Å²) in [6, 6.07) is 0. The summed E-state index contributed by atoms with van der Waals surface area (Å²) in [7, 11) is 0. The number of carboxylic acid groups (broad SMARTS) is 1. The van der Waals surface area contributed by atoms with Crippen LogP contribution in [0.3, 0.4) is 0 Å². The van der Waals surface area contributed by atoms with Gasteiger partial charge in [-0.2, -0.15) is 0 Å². The van der Waals surface area contributed by atoms with Crippen molar-refractivity contribution in [2.45, 2.75) is 134 Å². The monoisotopic (exact) mass is 412 g/mol. The first kappa shape index (κ1) is 28.1. The van der Waals surface area contributed by atoms with Crippen molar-refractivity contribution in [3.05, 3.63) is 0 Å². The van der Waals surface area contributed by atoms with Crippen molar-refractivity contribution in [1.29, 1.82) is 0 Å². The van der Waals surface area contributed by atoms with E-state index < -0.39 is 11.5 Å². The van der Waals surface area contributed by atoms with Gasteiger partial charge in [-0.25, -0.2) is 4.79 Å². The van der Waals surface area contributed by atoms with Crippen molar-refractivity contribution in [3.8, 4) is 0 Å². The van der Waals surface area contributed by atoms with Gasteiger partial charge in [0.05, 0.1) is 0 Å². The van der Waals surface area contributed by atoms with E-state index in [2.05, 4.69) is 6.92 Å². The maximum absolute atomic E-state index is 12.3. The highest BCUT2D eigenvalue weighted by Gasteiger charge is 2.40. The second-order valence-electron chi connectivity index (χ2n) is 8.65. The van der Waals surface area contributed by atoms with Crippen LogP contribution in [0.15, 0.2) is 0 Å². The zero-order chi connectivity index (χ0) is 21.8. The highest BCUT2D eigenvalue weighted by molar-refractivity contribution is 6.07. The maximum atomic E-state index is 12.3. The van der Waals surface area contributed by atoms with Crippen LogP contribution in [0, 0.1) is 0 Å². The van der Waals surface area contributed by atoms with E-state index in [1.54, 1.807) is 0 Å². The molecule has 0 aromatic heterocycles. The van der Waals surface area contributed by atoms with Crippen LogP contribution in [0.4, 0.5) is 0 Å². The molecule has 1 atom stereocenters. The van der Waals surface area contributed by atoms with E-state index >= 15 is 0 Å². The highest BCUT2D eigenvalue weighted by atomic mass is 16.4. The van der Waals surface area contributed by atoms with Gasteiger partial charge in [0, 0.05) is 6.42 Å². The number of carboxylic acids is 1. The van der Waals surface area contributed by atoms with E-state index in [9.17, 15) is 14.7 Å². The quantitative estimate of drug-likeness (QED) is 0.155. The Morgan fingerprint density at radius 3 is 1.48 bits per heavy atom. The van der Waals surface area contributed by atoms with Gasteiger partial charge >= 0.3 is 5.97 Å². The Morgan fingerprint density at radius 1 is 0.690 bits per heavy atom. The number of carbonyl (C=O) groups excluding carboxylic acids is 1. The smallest absolute Gasteiger partial charge is 0.331 e. The van der Waals surface area contributed by atoms with Crippen LogP contribution in [0.5, 0.6) is 0 Å². The Labute approximate surface area is 179 Å². The molecule has 0 saturated carbocycles. The van der Waals surface area contributed by atoms with Crippen LogP contribution in [-0.4, -0.2) is 28.9 Å². The molecule has 0 bridgehead atoms. The molecule has 0 amide bonds. The minimum absolute atomic E-state index is 0.178. The van der Waals surface area contributed by atoms with Crippen molar-refractivity contribution < 1.29 is 14.7 Å². The summed E-state index contributed by atoms with van der Waals surface area (Å²) in [4.78, 5) is 23.7. The molecule has 0 saturated heterocycles. The molecule has 0 fully saturated rings. The Bertz CT molecular complexity index is 415. The van der Waals surface area contributed by atoms with Crippen LogP contribution in [0.1, 0.15) is 129 Å². The van der Waals surface area contributed by atoms with Crippen molar-refractivity contribution in [1.82, 2.24) is 0 Å². The molecule has 5 heteroatoms. The summed E-state index contributed by atoms with van der Waals surface area (Å²) >= 11 is 0. The number of unbranched alkanes of at least 4 members (excludes halogenated alkanes) is 15. The number of Topliss-reactive ketones (excluding diaryl/α,β-unsaturated/α-hetero) is 1. The topological polar surface area (TPSA) is 106 Å². The molecule has 0 spiro atoms. The van der Waals surface area contributed by atoms with Gasteiger partial charge in [0.25, 0.3) is 0 Å². The molecule has 0 aliphatic heterocycles. The first-order valence-electron chi connectivity index (χ1n) is 12.2. The molecule has 5 nitrogen and oxygen atoms in total. The van der Waals surface area contributed by atoms with Crippen molar-refractivity contribution in [2.24, 2.45) is 11.5 Å². The average Bonchev–Trinajstić information content (AvgIpc) is 2.70. The highest BCUT2D eigenvalue weighted by Crippen LogP contribution is 2.18. The molecule has 0 aromatic carbocycles. The molecule has 0 aromatic rings. The zero-order valence-electron chi connectivity index (χ0n) is 19.1. The fourth-order valence-corrected chi connectivity index (χ4v) is 3.79. The Balaban J connectivity index is 3.59. The summed E-state index contributed by atoms with van der Waals surface area (Å²) in [5.74, 6) is -1.54. The van der Waals surface area contributed by atoms with Crippen molar-refractivity contribution in [3.63, 3.8) is 0 Å². The predicted octanol–water partition coefficient (Wildman–Crippen LogP) is 5.73. The van der Waals surface area contributed by atoms with E-state index in [1.807, 2.05) is 0 Å². The number of nitrogens with two attached hydrogens (primary N) is 2. The predicted molar refractivity (Wildman–Crippen MR) is 122 cm³/mol. The second kappa shape index (κ2) is 19.0. The van der Waals surface area contributed by atoms with Gasteiger partial charge in [0.2, 0.25) is 0 Å². The lowest BCUT2D eigenvalue weighted by Gasteiger charge is -2.23. The average molecular weight is 413 g/mol. The molecule has 1 unspecified atom stereocenters. The Morgan fingerprint density at radius 2 is 1.10 bits per heavy atom. The normalized spacial score (nSPS) is 13.3. The molecule has 0 rings (SSSR count). The van der Waals surface area contributed by atoms with Crippen LogP contribution in [0.25, 0.3) is 0 Å². The van der Waals surface area contributed by atoms with Crippen LogP contribution in [0.2, 0.25) is 0 Å². The van der Waals surface area contributed by atoms with Crippen LogP contribution >= 0.6 is 0 Å². The maximum Gasteiger partial charge on any atom is 0.331 e. The molecular weight excluding hydrogens is 364 g/mol. The van der Waals surface area contributed by atoms with Crippen molar-refractivity contribution in [2.75, 3.05) is 6.54 Å². The summed E-state index contributed by atoms with van der Waals surface area (Å²) in [6.07, 6.45) is 20.7. The number of carbonyl (C=O) groups is 2. The molecule has 29 heavy (non-hydrogen) atoms. The minimum Gasteiger partial charge on any atom is -0.480 e. The van der Waals surface area contributed by atoms with Gasteiger partial charge in [0.15, 0.2) is 11.3 Å². The summed E-state index contributed by atoms with van der Waals surface area (Å²) in [6.45, 7) is 2.75. The molecule has 0 aliphatic carbocycles. The standard InChI is InChI=1S/C24H48N2O3/c1-2-3-4-5-6-7-8-9-10-11-12-13-14-15-16-19-22(27)24(26,23(28)29)20-17-18-21-25/h2-21,25-26H2,1H3,(H,28,29). The van der Waals surface area contributed by atoms with Gasteiger partial charge < -0.3 is 16.6 Å². The first-order valence-corrected chi connectivity index (χ1v) is 12.2. The summed E-state index contributed by atoms with van der Waals surface area (Å²) in [5.41, 5.74) is 9.60. The Kier molecular flexibility index (Phi) is 18.4. The molecular formula is C24H48N2O3. The van der Waals surface area contributed by atoms with E-state index in [0.717, 1.165) is 19.3 Å². The van der Waals surface area contributed by atoms with Crippen molar-refractivity contribution >= 4 is 11.8 Å². The number of hydrogen-bond acceptors (Lipinski definition) is 4. The lowest BCUT2D eigenvalue weighted by Crippen LogP contribution is -2.54. The third-order valence-corrected chi connectivity index (χ3v) is 5.91. The SMILES string of the molecule is CCCCCCCCCCCCCCCCCC(=O)C(N)(CCCCN)C(=O)O. The third-order valence-electron chi connectivity index (χ3n) is 5.91. The van der Waals surface area contributed by atoms with E-state index in [0.29, 0.717) is 19.4 Å². The minimum atomic E-state index is -1.73. The fraction of sp³-hybridized carbons (Fsp3) is 0.917. The number of aliphatic carboxylic acids is 1. The third kappa shape index (κ3) is 14.6. The van der Waals surface area contributed by atoms with Gasteiger partial charge in [-0.1, -0.05) is 96.8 Å². The summed E-state index contributed by atoms with van der Waals surface area (Å²) < 4.78 is 0. The number of rotatable bonds is 22. The molecule has 172 valence electrons. The summed E-state index contributed by atoms with van der Waals surface area (Å²) in [5, 5.41) is 9.35. The van der Waals surface area contributed by atoms with Gasteiger partial charge in [-0.15, -0.1) is 0 Å². The lowest BCUT2D eigenvalue weighted by molar-refractivity contribution is -0.148. The van der Waals surface area contributed by atoms with E-state index in [4.69, 9.17) is 11.5 Å². The zero-order valence-corrected chi connectivity index (χ0v) is 19.1. The van der Waals surface area contributed by atoms with Gasteiger partial charge in [0.1, 0.15) is 0 Å². The van der Waals surface area contributed by atoms with Crippen LogP contribution < -0.4 is 11.5 Å². The first-order chi connectivity index (χ1) is 14.0. The van der Waals surface area contributed by atoms with Crippen LogP contribution in [-0.2, 0) is 9.59 Å². The van der Waals surface area contributed by atoms with Gasteiger partial charge in [-0.05, 0) is 32.2 Å². The Hall–Kier alpha value is -0.940. The van der Waals surface area contributed by atoms with Gasteiger partial charge in [-0.3, -0.25) is 4.79 Å². The number of ketones is 1. The van der Waals surface area contributed by atoms with E-state index in [-0.39, 0.29) is 18.6 Å². The molecule has 0 heterocycles. The second-order valence-corrected chi connectivity index (χ2v) is 8.65. The molecule has 5 N–H and O–H groups in total. The lowest BCUT2D eigenvalue weighted by atomic mass is 9.86. The number of hydrogen-bond donors (Lipinski definition) is 3. The largest absolute Gasteiger partial charge is 0.480 e. The fourth-order valence-electron chi connectivity index (χ4n) is 3.79. The van der Waals surface area contributed by atoms with E-state index in [1.165, 1.54) is 77.0 Å². The molecule has 0 aliphatic rings.